The zero-order valence-electron chi connectivity index (χ0n) is 19.8. The molecule has 182 valence electrons. The van der Waals surface area contributed by atoms with Gasteiger partial charge in [-0.25, -0.2) is 14.5 Å². The molecule has 1 aromatic carbocycles. The number of hydrogen-bond donors (Lipinski definition) is 2. The minimum Gasteiger partial charge on any atom is -0.480 e. The number of rotatable bonds is 10. The Kier molecular flexibility index (Phi) is 9.72. The van der Waals surface area contributed by atoms with Crippen LogP contribution in [-0.4, -0.2) is 58.2 Å². The van der Waals surface area contributed by atoms with Crippen LogP contribution in [0.15, 0.2) is 42.8 Å². The summed E-state index contributed by atoms with van der Waals surface area (Å²) in [6.45, 7) is 3.71. The molecule has 1 fully saturated rings. The Morgan fingerprint density at radius 2 is 1.82 bits per heavy atom. The number of carbonyl (C=O) groups excluding carboxylic acids is 2. The van der Waals surface area contributed by atoms with E-state index in [0.717, 1.165) is 43.2 Å². The van der Waals surface area contributed by atoms with E-state index in [4.69, 9.17) is 9.57 Å². The molecule has 1 atom stereocenters. The molecule has 3 amide bonds. The van der Waals surface area contributed by atoms with Crippen molar-refractivity contribution in [3.63, 3.8) is 0 Å². The number of nitrogens with one attached hydrogen (secondary N) is 1. The third-order valence-electron chi connectivity index (χ3n) is 5.64. The second-order valence-electron chi connectivity index (χ2n) is 8.55. The van der Waals surface area contributed by atoms with Crippen LogP contribution in [0.4, 0.5) is 4.79 Å². The third kappa shape index (κ3) is 7.21. The fourth-order valence-electron chi connectivity index (χ4n) is 3.79. The van der Waals surface area contributed by atoms with Gasteiger partial charge in [0.1, 0.15) is 17.9 Å². The lowest BCUT2D eigenvalue weighted by Crippen LogP contribution is -2.59. The number of benzene rings is 1. The van der Waals surface area contributed by atoms with Crippen LogP contribution in [0.5, 0.6) is 0 Å². The highest BCUT2D eigenvalue weighted by Gasteiger charge is 2.43. The Labute approximate surface area is 195 Å². The molecule has 0 aliphatic heterocycles. The number of imide groups is 1. The van der Waals surface area contributed by atoms with Crippen molar-refractivity contribution in [1.82, 2.24) is 15.3 Å². The van der Waals surface area contributed by atoms with Crippen LogP contribution >= 0.6 is 0 Å². The van der Waals surface area contributed by atoms with E-state index in [2.05, 4.69) is 5.32 Å². The Bertz CT molecular complexity index is 821. The van der Waals surface area contributed by atoms with Crippen molar-refractivity contribution in [2.24, 2.45) is 0 Å². The number of hydrogen-bond acceptors (Lipinski definition) is 6. The second-order valence-corrected chi connectivity index (χ2v) is 8.55. The van der Waals surface area contributed by atoms with E-state index >= 15 is 0 Å². The number of carbonyl (C=O) groups is 3. The first-order valence-electron chi connectivity index (χ1n) is 11.2. The van der Waals surface area contributed by atoms with Crippen molar-refractivity contribution in [3.8, 4) is 0 Å². The molecule has 0 bridgehead atoms. The van der Waals surface area contributed by atoms with Crippen molar-refractivity contribution >= 4 is 17.9 Å². The van der Waals surface area contributed by atoms with Crippen molar-refractivity contribution in [3.05, 3.63) is 48.4 Å². The highest BCUT2D eigenvalue weighted by Crippen LogP contribution is 2.29. The highest BCUT2D eigenvalue weighted by atomic mass is 16.7. The van der Waals surface area contributed by atoms with E-state index in [1.807, 2.05) is 30.3 Å². The van der Waals surface area contributed by atoms with Gasteiger partial charge in [0.15, 0.2) is 0 Å². The first kappa shape index (κ1) is 26.2. The average Bonchev–Trinajstić information content (AvgIpc) is 2.78. The van der Waals surface area contributed by atoms with Crippen LogP contribution in [0.2, 0.25) is 0 Å². The lowest BCUT2D eigenvalue weighted by Gasteiger charge is -2.37. The Morgan fingerprint density at radius 3 is 2.36 bits per heavy atom. The van der Waals surface area contributed by atoms with Gasteiger partial charge in [0.05, 0.1) is 12.6 Å². The summed E-state index contributed by atoms with van der Waals surface area (Å²) in [5.41, 5.74) is -0.919. The summed E-state index contributed by atoms with van der Waals surface area (Å²) in [4.78, 5) is 43.8. The van der Waals surface area contributed by atoms with Crippen molar-refractivity contribution in [1.29, 1.82) is 0 Å². The van der Waals surface area contributed by atoms with E-state index < -0.39 is 29.6 Å². The Balaban J connectivity index is 2.37. The van der Waals surface area contributed by atoms with Gasteiger partial charge < -0.3 is 20.0 Å². The molecule has 0 radical (unpaired) electrons. The molecule has 9 nitrogen and oxygen atoms in total. The smallest absolute Gasteiger partial charge is 0.360 e. The molecule has 0 unspecified atom stereocenters. The van der Waals surface area contributed by atoms with Crippen LogP contribution in [0.1, 0.15) is 64.5 Å². The molecule has 0 heterocycles. The number of urea groups is 1. The van der Waals surface area contributed by atoms with Gasteiger partial charge >= 0.3 is 12.0 Å². The Morgan fingerprint density at radius 1 is 1.18 bits per heavy atom. The molecule has 1 saturated carbocycles. The molecule has 2 N–H and O–H groups in total. The molecule has 33 heavy (non-hydrogen) atoms. The van der Waals surface area contributed by atoms with Crippen molar-refractivity contribution in [2.45, 2.75) is 70.6 Å². The normalized spacial score (nSPS) is 15.6. The SMILES string of the molecule is CN/C=C\ON(C[C@H](OC1CCCCC1)c1ccccc1)C(=O)N(C(C)=O)C(C)(C)C(=O)O. The molecular formula is C24H35N3O6. The van der Waals surface area contributed by atoms with Gasteiger partial charge in [0.2, 0.25) is 5.91 Å². The van der Waals surface area contributed by atoms with E-state index in [1.54, 1.807) is 7.05 Å². The number of ether oxygens (including phenoxy) is 1. The summed E-state index contributed by atoms with van der Waals surface area (Å²) in [5, 5.41) is 13.4. The fraction of sp³-hybridized carbons (Fsp3) is 0.542. The van der Waals surface area contributed by atoms with E-state index in [0.29, 0.717) is 4.90 Å². The molecule has 0 aromatic heterocycles. The minimum absolute atomic E-state index is 0.0348. The second kappa shape index (κ2) is 12.2. The van der Waals surface area contributed by atoms with Crippen LogP contribution < -0.4 is 5.32 Å². The standard InChI is InChI=1S/C24H35N3O6/c1-18(28)27(24(2,3)22(29)30)23(31)26(32-16-15-25-4)17-21(19-11-7-5-8-12-19)33-20-13-9-6-10-14-20/h5,7-8,11-12,15-16,20-21,25H,6,9-10,13-14,17H2,1-4H3,(H,29,30)/b16-15-/t21-/m0/s1. The molecule has 9 heteroatoms. The summed E-state index contributed by atoms with van der Waals surface area (Å²) in [5.74, 6) is -2.02. The van der Waals surface area contributed by atoms with Gasteiger partial charge in [-0.1, -0.05) is 49.6 Å². The molecule has 1 aromatic rings. The zero-order chi connectivity index (χ0) is 24.4. The molecule has 0 spiro atoms. The van der Waals surface area contributed by atoms with Crippen molar-refractivity contribution in [2.75, 3.05) is 13.6 Å². The number of carboxylic acid groups (broad SMARTS) is 1. The molecular weight excluding hydrogens is 426 g/mol. The largest absolute Gasteiger partial charge is 0.480 e. The number of amides is 3. The maximum Gasteiger partial charge on any atom is 0.360 e. The Hall–Kier alpha value is -3.07. The summed E-state index contributed by atoms with van der Waals surface area (Å²) < 4.78 is 6.40. The van der Waals surface area contributed by atoms with Gasteiger partial charge in [0, 0.05) is 20.2 Å². The average molecular weight is 462 g/mol. The summed E-state index contributed by atoms with van der Waals surface area (Å²) in [6.07, 6.45) is 7.47. The lowest BCUT2D eigenvalue weighted by atomic mass is 9.97. The van der Waals surface area contributed by atoms with Crippen LogP contribution in [0.3, 0.4) is 0 Å². The summed E-state index contributed by atoms with van der Waals surface area (Å²) in [6, 6.07) is 8.59. The summed E-state index contributed by atoms with van der Waals surface area (Å²) in [7, 11) is 1.67. The van der Waals surface area contributed by atoms with Gasteiger partial charge in [-0.05, 0) is 32.3 Å². The van der Waals surface area contributed by atoms with Gasteiger partial charge in [-0.3, -0.25) is 4.79 Å². The lowest BCUT2D eigenvalue weighted by molar-refractivity contribution is -0.158. The van der Waals surface area contributed by atoms with E-state index in [1.165, 1.54) is 32.7 Å². The summed E-state index contributed by atoms with van der Waals surface area (Å²) >= 11 is 0. The topological polar surface area (TPSA) is 108 Å². The van der Waals surface area contributed by atoms with Crippen LogP contribution in [0.25, 0.3) is 0 Å². The maximum absolute atomic E-state index is 13.4. The van der Waals surface area contributed by atoms with E-state index in [-0.39, 0.29) is 12.6 Å². The number of hydroxylamine groups is 2. The molecule has 1 aliphatic carbocycles. The van der Waals surface area contributed by atoms with E-state index in [9.17, 15) is 19.5 Å². The first-order chi connectivity index (χ1) is 15.7. The zero-order valence-corrected chi connectivity index (χ0v) is 19.8. The van der Waals surface area contributed by atoms with Crippen molar-refractivity contribution < 1.29 is 29.1 Å². The van der Waals surface area contributed by atoms with Crippen LogP contribution in [-0.2, 0) is 19.2 Å². The number of aliphatic carboxylic acids is 1. The van der Waals surface area contributed by atoms with Gasteiger partial charge in [-0.2, -0.15) is 5.06 Å². The van der Waals surface area contributed by atoms with Crippen LogP contribution in [0, 0.1) is 0 Å². The fourth-order valence-corrected chi connectivity index (χ4v) is 3.79. The third-order valence-corrected chi connectivity index (χ3v) is 5.64. The molecule has 2 rings (SSSR count). The maximum atomic E-state index is 13.4. The minimum atomic E-state index is -1.77. The first-order valence-corrected chi connectivity index (χ1v) is 11.2. The monoisotopic (exact) mass is 461 g/mol. The predicted molar refractivity (Wildman–Crippen MR) is 123 cm³/mol. The quantitative estimate of drug-likeness (QED) is 0.403. The molecule has 1 aliphatic rings. The number of nitrogens with zero attached hydrogens (tertiary/aromatic N) is 2. The van der Waals surface area contributed by atoms with Gasteiger partial charge in [0.25, 0.3) is 0 Å². The van der Waals surface area contributed by atoms with Gasteiger partial charge in [-0.15, -0.1) is 0 Å². The highest BCUT2D eigenvalue weighted by molar-refractivity contribution is 5.98. The predicted octanol–water partition coefficient (Wildman–Crippen LogP) is 3.83. The number of carboxylic acids is 1. The molecule has 0 saturated heterocycles.